The molecular weight excluding hydrogens is 1870 g/mol. The Morgan fingerprint density at radius 2 is 0.651 bits per heavy atom. The molecule has 10 saturated heterocycles. The number of aryl methyl sites for hydroxylation is 5. The number of aromatic nitrogens is 21. The second-order valence-corrected chi connectivity index (χ2v) is 43.1. The molecule has 17 aliphatic rings. The summed E-state index contributed by atoms with van der Waals surface area (Å²) < 4.78 is 74.7. The topological polar surface area (TPSA) is 482 Å². The summed E-state index contributed by atoms with van der Waals surface area (Å²) >= 11 is 0. The van der Waals surface area contributed by atoms with Gasteiger partial charge in [-0.3, -0.25) is 38.3 Å². The van der Waals surface area contributed by atoms with Crippen LogP contribution in [0.5, 0.6) is 0 Å². The average Bonchev–Trinajstić information content (AvgIpc) is 1.65. The number of ether oxygens (including phenoxy) is 10. The first-order valence-electron chi connectivity index (χ1n) is 53.9. The zero-order chi connectivity index (χ0) is 99.7. The summed E-state index contributed by atoms with van der Waals surface area (Å²) in [5.41, 5.74) is 9.81. The van der Waals surface area contributed by atoms with Crippen molar-refractivity contribution in [2.24, 2.45) is 58.9 Å². The number of imidazole rings is 1. The van der Waals surface area contributed by atoms with Crippen molar-refractivity contribution in [3.05, 3.63) is 136 Å². The van der Waals surface area contributed by atoms with Crippen LogP contribution in [0.1, 0.15) is 269 Å². The lowest BCUT2D eigenvalue weighted by molar-refractivity contribution is -0.119. The number of nitrogens with one attached hydrogen (secondary N) is 5. The van der Waals surface area contributed by atoms with Gasteiger partial charge in [-0.15, -0.1) is 25.5 Å². The molecule has 5 amide bonds. The van der Waals surface area contributed by atoms with E-state index in [0.29, 0.717) is 114 Å². The first kappa shape index (κ1) is 101. The highest BCUT2D eigenvalue weighted by atomic mass is 16.6. The number of fused-ring (bicyclic) bond motifs is 5. The van der Waals surface area contributed by atoms with Crippen LogP contribution in [0.3, 0.4) is 0 Å². The summed E-state index contributed by atoms with van der Waals surface area (Å²) in [6.07, 6.45) is 55.0. The monoisotopic (exact) mass is 2010 g/mol. The highest BCUT2D eigenvalue weighted by molar-refractivity contribution is 6.00. The van der Waals surface area contributed by atoms with E-state index >= 15 is 0 Å². The van der Waals surface area contributed by atoms with Gasteiger partial charge in [-0.05, 0) is 101 Å². The molecule has 12 aliphatic heterocycles. The normalized spacial score (nSPS) is 30.5. The zero-order valence-electron chi connectivity index (χ0n) is 84.6. The fraction of sp³-hybridized carbons (Fsp3) is 0.716. The Morgan fingerprint density at radius 1 is 0.349 bits per heavy atom. The molecule has 0 aromatic carbocycles. The number of amides is 5. The van der Waals surface area contributed by atoms with Crippen LogP contribution < -0.4 is 26.6 Å². The van der Waals surface area contributed by atoms with E-state index in [0.717, 1.165) is 102 Å². The van der Waals surface area contributed by atoms with Gasteiger partial charge in [0.15, 0.2) is 0 Å². The molecule has 20 heterocycles. The molecule has 44 nitrogen and oxygen atoms in total. The average molecular weight is 2020 g/mol. The van der Waals surface area contributed by atoms with Gasteiger partial charge in [0.25, 0.3) is 23.6 Å². The second kappa shape index (κ2) is 46.8. The van der Waals surface area contributed by atoms with Crippen molar-refractivity contribution < 1.29 is 71.3 Å². The molecule has 44 heteroatoms. The summed E-state index contributed by atoms with van der Waals surface area (Å²) in [6, 6.07) is 2.70. The molecule has 0 radical (unpaired) electrons. The highest BCUT2D eigenvalue weighted by Gasteiger charge is 2.55. The van der Waals surface area contributed by atoms with Crippen LogP contribution in [0, 0.1) is 43.4 Å². The molecule has 25 rings (SSSR count). The van der Waals surface area contributed by atoms with Crippen LogP contribution in [0.4, 0.5) is 0 Å². The summed E-state index contributed by atoms with van der Waals surface area (Å²) in [5, 5.41) is 75.3. The van der Waals surface area contributed by atoms with Crippen molar-refractivity contribution in [1.82, 2.24) is 131 Å². The minimum atomic E-state index is -0.187. The minimum Gasteiger partial charge on any atom is -0.371 e. The molecular formula is C102H143N29O15. The van der Waals surface area contributed by atoms with Gasteiger partial charge in [-0.2, -0.15) is 20.4 Å². The van der Waals surface area contributed by atoms with Gasteiger partial charge in [-0.25, -0.2) is 28.4 Å². The third kappa shape index (κ3) is 23.5. The Kier molecular flexibility index (Phi) is 32.4. The van der Waals surface area contributed by atoms with E-state index < -0.39 is 0 Å². The molecule has 0 bridgehead atoms. The van der Waals surface area contributed by atoms with E-state index in [1.165, 1.54) is 167 Å². The summed E-state index contributed by atoms with van der Waals surface area (Å²) in [6.45, 7) is 11.9. The van der Waals surface area contributed by atoms with Crippen molar-refractivity contribution in [3.63, 3.8) is 0 Å². The molecule has 15 fully saturated rings. The van der Waals surface area contributed by atoms with Gasteiger partial charge in [0.2, 0.25) is 5.91 Å². The molecule has 20 unspecified atom stereocenters. The number of hydrogen-bond acceptors (Lipinski definition) is 31. The molecule has 5 N–H and O–H groups in total. The van der Waals surface area contributed by atoms with Gasteiger partial charge < -0.3 is 78.5 Å². The van der Waals surface area contributed by atoms with Crippen molar-refractivity contribution >= 4 is 35.8 Å². The summed E-state index contributed by atoms with van der Waals surface area (Å²) in [4.78, 5) is 70.7. The van der Waals surface area contributed by atoms with E-state index in [2.05, 4.69) is 133 Å². The largest absolute Gasteiger partial charge is 0.371 e. The third-order valence-electron chi connectivity index (χ3n) is 32.8. The quantitative estimate of drug-likeness (QED) is 0.0346. The molecule has 20 atom stereocenters. The molecule has 8 aromatic heterocycles. The maximum absolute atomic E-state index is 12.8. The Balaban J connectivity index is 0.000000107. The number of carbonyl (C=O) groups excluding carboxylic acids is 5. The first-order valence-corrected chi connectivity index (χ1v) is 53.9. The fourth-order valence-corrected chi connectivity index (χ4v) is 24.9. The van der Waals surface area contributed by atoms with Crippen molar-refractivity contribution in [2.75, 3.05) is 79.2 Å². The maximum Gasteiger partial charge on any atom is 0.269 e. The minimum absolute atomic E-state index is 0.00444. The number of nitrogens with zero attached hydrogens (tertiary/aromatic N) is 24. The van der Waals surface area contributed by atoms with E-state index in [4.69, 9.17) is 47.4 Å². The Hall–Kier alpha value is -11.0. The zero-order valence-corrected chi connectivity index (χ0v) is 84.6. The van der Waals surface area contributed by atoms with E-state index in [1.54, 1.807) is 58.9 Å². The van der Waals surface area contributed by atoms with Crippen molar-refractivity contribution in [3.8, 4) is 0 Å². The van der Waals surface area contributed by atoms with E-state index in [-0.39, 0.29) is 151 Å². The van der Waals surface area contributed by atoms with Gasteiger partial charge in [0.05, 0.1) is 174 Å². The van der Waals surface area contributed by atoms with Gasteiger partial charge in [-0.1, -0.05) is 187 Å². The lowest BCUT2D eigenvalue weighted by Crippen LogP contribution is -2.44. The molecule has 8 aromatic rings. The number of rotatable bonds is 26. The first-order chi connectivity index (χ1) is 71.4. The lowest BCUT2D eigenvalue weighted by Gasteiger charge is -2.20. The number of allylic oxidation sites excluding steroid dienone is 1. The molecule has 146 heavy (non-hydrogen) atoms. The Morgan fingerprint density at radius 3 is 0.938 bits per heavy atom. The van der Waals surface area contributed by atoms with Crippen LogP contribution in [-0.4, -0.2) is 310 Å². The summed E-state index contributed by atoms with van der Waals surface area (Å²) in [5.74, 6) is 2.96. The Bertz CT molecular complexity index is 5730. The second-order valence-electron chi connectivity index (χ2n) is 43.1. The van der Waals surface area contributed by atoms with Crippen LogP contribution in [-0.2, 0) is 110 Å². The standard InChI is InChI=1S/C22H32N6O3.C21H30N6O3.C20H28N6O3.C20H27N5O3.C19H26N6O3/c1-3-27-18(9-14(2)25-27)22(29)23-17-12-30-21-19(13-31-20(17)21)28-11-16(24-26-28)10-15-7-5-4-6-8-15;1-13-8-17(26(2)24-13)21(28)22-16-11-29-20-18(12-30-19(16)20)27-10-15(23-25-27)9-14-6-4-3-5-7-14;1-25-12-21-8-16(25)20(27)22-15-10-28-19-17(11-29-18(15)19)26-9-14(23-24-26)7-13-5-3-2-4-6-13;26-20(14-6-7-21-9-14)22-16-11-27-19-17(12-28-18(16)19)25-10-15(23-24-25)8-13-4-2-1-3-5-13;26-19(13-7-20-21-8-13)22-15-10-27-18-16(11-28-17(15)18)25-9-14(23-24-25)6-12-4-2-1-3-5-12/h9,11,15,17,19-21H,3-8,10,12-13H2,1-2H3,(H,23,29);8,10,14,16,18-20H,3-7,9,11-12H2,1-2H3,(H,22,28);8-9,12-13,15,17-19H,2-7,10-11H2,1H3,(H,22,27);6-7,10,13,16-19H,1-5,8-9,11-12H2,(H,22,26);7,9,12,15-18H,1-6,8,10-11H2,(H,22,26). The molecule has 5 saturated carbocycles. The van der Waals surface area contributed by atoms with E-state index in [9.17, 15) is 24.0 Å². The van der Waals surface area contributed by atoms with Gasteiger partial charge in [0, 0.05) is 63.4 Å². The lowest BCUT2D eigenvalue weighted by atomic mass is 9.86. The number of hydrogen-bond donors (Lipinski definition) is 5. The van der Waals surface area contributed by atoms with E-state index in [1.807, 2.05) is 56.4 Å². The molecule has 5 aliphatic carbocycles. The Labute approximate surface area is 849 Å². The predicted octanol–water partition coefficient (Wildman–Crippen LogP) is 7.72. The van der Waals surface area contributed by atoms with Crippen LogP contribution in [0.15, 0.2) is 94.3 Å². The van der Waals surface area contributed by atoms with Gasteiger partial charge >= 0.3 is 0 Å². The smallest absolute Gasteiger partial charge is 0.269 e. The molecule has 0 spiro atoms. The third-order valence-corrected chi connectivity index (χ3v) is 32.8. The van der Waals surface area contributed by atoms with Gasteiger partial charge in [0.1, 0.15) is 108 Å². The number of azo groups is 1. The van der Waals surface area contributed by atoms with Crippen LogP contribution >= 0.6 is 0 Å². The highest BCUT2D eigenvalue weighted by Crippen LogP contribution is 2.42. The van der Waals surface area contributed by atoms with Crippen molar-refractivity contribution in [1.29, 1.82) is 0 Å². The van der Waals surface area contributed by atoms with Crippen molar-refractivity contribution in [2.45, 2.75) is 341 Å². The molecule has 786 valence electrons. The van der Waals surface area contributed by atoms with Crippen LogP contribution in [0.2, 0.25) is 0 Å². The number of carbonyl (C=O) groups is 5. The van der Waals surface area contributed by atoms with Crippen LogP contribution in [0.25, 0.3) is 0 Å². The predicted molar refractivity (Wildman–Crippen MR) is 525 cm³/mol. The number of aliphatic imine (C=N–C) groups is 1. The maximum atomic E-state index is 12.8. The summed E-state index contributed by atoms with van der Waals surface area (Å²) in [7, 11) is 3.57. The SMILES string of the molecule is CCn1nc(C)cc1C(=O)NC1COC2C1OCC2n1cc(CC2CCCCC2)nn1.Cc1cc(C(=O)NC2COC3C2OCC3n2cc(CC3CCCCC3)nn2)n(C)n1.Cn1cncc1C(=O)NC1COC2C1OCC2n1cc(CC2CCCCC2)nn1.O=C(NC1COC2C1OCC2n1cc(CC2CCCCC2)nn1)C1=CC=NC1.O=C(NC1COC2C1OCC2n1cc(CC2CCCCC2)nn1)C1=CN=NC1. The fourth-order valence-electron chi connectivity index (χ4n) is 24.9.